The number of methoxy groups -OCH3 is 1. The lowest BCUT2D eigenvalue weighted by molar-refractivity contribution is 0.0597. The predicted octanol–water partition coefficient (Wildman–Crippen LogP) is 3.24. The standard InChI is InChI=1S/C20H25NO4.ClH/c1-14(8-9-15-6-4-3-5-7-15)21-13-19(23)16-10-11-18(22)17(12-16)20(24)25-2;/h3-7,10-12,14,19,21-23H,8-9,13H2,1-2H3;1H. The number of esters is 1. The van der Waals surface area contributed by atoms with Gasteiger partial charge in [0.15, 0.2) is 0 Å². The smallest absolute Gasteiger partial charge is 0.341 e. The molecule has 3 N–H and O–H groups in total. The molecule has 0 spiro atoms. The number of nitrogens with one attached hydrogen (secondary N) is 1. The van der Waals surface area contributed by atoms with Gasteiger partial charge in [-0.3, -0.25) is 0 Å². The first-order chi connectivity index (χ1) is 12.0. The third kappa shape index (κ3) is 6.33. The van der Waals surface area contributed by atoms with E-state index in [1.54, 1.807) is 6.07 Å². The summed E-state index contributed by atoms with van der Waals surface area (Å²) in [5.41, 5.74) is 1.90. The average Bonchev–Trinajstić information content (AvgIpc) is 2.65. The molecule has 142 valence electrons. The van der Waals surface area contributed by atoms with Crippen LogP contribution in [0.4, 0.5) is 0 Å². The van der Waals surface area contributed by atoms with Crippen molar-refractivity contribution >= 4 is 18.4 Å². The number of phenols is 1. The highest BCUT2D eigenvalue weighted by Gasteiger charge is 2.16. The number of hydrogen-bond donors (Lipinski definition) is 3. The monoisotopic (exact) mass is 379 g/mol. The fraction of sp³-hybridized carbons (Fsp3) is 0.350. The fourth-order valence-electron chi connectivity index (χ4n) is 2.59. The van der Waals surface area contributed by atoms with Crippen molar-refractivity contribution in [2.24, 2.45) is 0 Å². The number of aliphatic hydroxyl groups excluding tert-OH is 1. The number of carbonyl (C=O) groups is 1. The Bertz CT molecular complexity index is 693. The van der Waals surface area contributed by atoms with Crippen molar-refractivity contribution in [2.75, 3.05) is 13.7 Å². The Kier molecular flexibility index (Phi) is 9.13. The molecule has 2 rings (SSSR count). The van der Waals surface area contributed by atoms with Crippen LogP contribution in [-0.2, 0) is 11.2 Å². The Morgan fingerprint density at radius 2 is 1.88 bits per heavy atom. The van der Waals surface area contributed by atoms with E-state index in [0.717, 1.165) is 12.8 Å². The lowest BCUT2D eigenvalue weighted by atomic mass is 10.0. The lowest BCUT2D eigenvalue weighted by Crippen LogP contribution is -2.30. The summed E-state index contributed by atoms with van der Waals surface area (Å²) in [4.78, 5) is 11.6. The first-order valence-electron chi connectivity index (χ1n) is 8.38. The quantitative estimate of drug-likeness (QED) is 0.613. The van der Waals surface area contributed by atoms with Crippen molar-refractivity contribution in [2.45, 2.75) is 31.9 Å². The minimum atomic E-state index is -0.775. The van der Waals surface area contributed by atoms with Gasteiger partial charge in [-0.15, -0.1) is 12.4 Å². The van der Waals surface area contributed by atoms with Gasteiger partial charge in [-0.25, -0.2) is 4.79 Å². The maximum Gasteiger partial charge on any atom is 0.341 e. The molecule has 2 aromatic rings. The van der Waals surface area contributed by atoms with Crippen LogP contribution in [0.2, 0.25) is 0 Å². The summed E-state index contributed by atoms with van der Waals surface area (Å²) in [6.07, 6.45) is 1.15. The van der Waals surface area contributed by atoms with Crippen LogP contribution >= 0.6 is 12.4 Å². The highest BCUT2D eigenvalue weighted by Crippen LogP contribution is 2.23. The second-order valence-electron chi connectivity index (χ2n) is 6.12. The number of halogens is 1. The second kappa shape index (κ2) is 10.8. The second-order valence-corrected chi connectivity index (χ2v) is 6.12. The van der Waals surface area contributed by atoms with Gasteiger partial charge in [0.1, 0.15) is 11.3 Å². The van der Waals surface area contributed by atoms with Crippen molar-refractivity contribution < 1.29 is 19.7 Å². The van der Waals surface area contributed by atoms with Crippen LogP contribution in [0.15, 0.2) is 48.5 Å². The molecular weight excluding hydrogens is 354 g/mol. The first-order valence-corrected chi connectivity index (χ1v) is 8.38. The van der Waals surface area contributed by atoms with Crippen LogP contribution in [0.5, 0.6) is 5.75 Å². The zero-order chi connectivity index (χ0) is 18.2. The molecule has 6 heteroatoms. The van der Waals surface area contributed by atoms with E-state index in [-0.39, 0.29) is 29.8 Å². The lowest BCUT2D eigenvalue weighted by Gasteiger charge is -2.18. The molecule has 0 radical (unpaired) electrons. The largest absolute Gasteiger partial charge is 0.507 e. The number of rotatable bonds is 8. The maximum absolute atomic E-state index is 11.6. The van der Waals surface area contributed by atoms with Crippen LogP contribution in [0, 0.1) is 0 Å². The molecule has 0 heterocycles. The predicted molar refractivity (Wildman–Crippen MR) is 104 cm³/mol. The molecule has 2 unspecified atom stereocenters. The summed E-state index contributed by atoms with van der Waals surface area (Å²) in [6, 6.07) is 15.0. The zero-order valence-corrected chi connectivity index (χ0v) is 15.8. The summed E-state index contributed by atoms with van der Waals surface area (Å²) in [5, 5.41) is 23.3. The van der Waals surface area contributed by atoms with E-state index >= 15 is 0 Å². The SMILES string of the molecule is COC(=O)c1cc(C(O)CNC(C)CCc2ccccc2)ccc1O.Cl. The van der Waals surface area contributed by atoms with Gasteiger partial charge < -0.3 is 20.3 Å². The molecule has 0 aliphatic heterocycles. The minimum Gasteiger partial charge on any atom is -0.507 e. The van der Waals surface area contributed by atoms with E-state index in [2.05, 4.69) is 29.1 Å². The Morgan fingerprint density at radius 1 is 1.19 bits per heavy atom. The molecule has 5 nitrogen and oxygen atoms in total. The van der Waals surface area contributed by atoms with E-state index in [0.29, 0.717) is 12.1 Å². The zero-order valence-electron chi connectivity index (χ0n) is 15.0. The summed E-state index contributed by atoms with van der Waals surface area (Å²) in [5.74, 6) is -0.789. The normalized spacial score (nSPS) is 12.7. The molecule has 0 bridgehead atoms. The third-order valence-electron chi connectivity index (χ3n) is 4.18. The topological polar surface area (TPSA) is 78.8 Å². The molecule has 0 saturated heterocycles. The number of aromatic hydroxyl groups is 1. The van der Waals surface area contributed by atoms with Crippen LogP contribution in [0.1, 0.15) is 40.9 Å². The molecule has 0 saturated carbocycles. The first kappa shape index (κ1) is 22.0. The highest BCUT2D eigenvalue weighted by molar-refractivity contribution is 5.92. The maximum atomic E-state index is 11.6. The Morgan fingerprint density at radius 3 is 2.54 bits per heavy atom. The van der Waals surface area contributed by atoms with Crippen molar-refractivity contribution in [1.29, 1.82) is 0 Å². The fourth-order valence-corrected chi connectivity index (χ4v) is 2.59. The number of benzene rings is 2. The third-order valence-corrected chi connectivity index (χ3v) is 4.18. The molecule has 2 aromatic carbocycles. The molecular formula is C20H26ClNO4. The van der Waals surface area contributed by atoms with Gasteiger partial charge in [0.05, 0.1) is 13.2 Å². The molecule has 0 aromatic heterocycles. The molecule has 2 atom stereocenters. The van der Waals surface area contributed by atoms with Crippen molar-refractivity contribution in [3.8, 4) is 5.75 Å². The number of aliphatic hydroxyl groups is 1. The average molecular weight is 380 g/mol. The van der Waals surface area contributed by atoms with Gasteiger partial charge >= 0.3 is 5.97 Å². The van der Waals surface area contributed by atoms with Gasteiger partial charge in [0, 0.05) is 12.6 Å². The van der Waals surface area contributed by atoms with Gasteiger partial charge in [-0.2, -0.15) is 0 Å². The van der Waals surface area contributed by atoms with E-state index in [1.165, 1.54) is 24.8 Å². The van der Waals surface area contributed by atoms with Crippen molar-refractivity contribution in [1.82, 2.24) is 5.32 Å². The molecule has 0 fully saturated rings. The van der Waals surface area contributed by atoms with Crippen molar-refractivity contribution in [3.05, 3.63) is 65.2 Å². The summed E-state index contributed by atoms with van der Waals surface area (Å²) >= 11 is 0. The molecule has 0 aliphatic rings. The van der Waals surface area contributed by atoms with Crippen LogP contribution < -0.4 is 5.32 Å². The van der Waals surface area contributed by atoms with Gasteiger partial charge in [-0.1, -0.05) is 36.4 Å². The van der Waals surface area contributed by atoms with Gasteiger partial charge in [-0.05, 0) is 43.0 Å². The highest BCUT2D eigenvalue weighted by atomic mass is 35.5. The van der Waals surface area contributed by atoms with E-state index in [4.69, 9.17) is 0 Å². The molecule has 26 heavy (non-hydrogen) atoms. The van der Waals surface area contributed by atoms with Gasteiger partial charge in [0.2, 0.25) is 0 Å². The number of hydrogen-bond acceptors (Lipinski definition) is 5. The summed E-state index contributed by atoms with van der Waals surface area (Å²) < 4.78 is 4.63. The minimum absolute atomic E-state index is 0. The Labute approximate surface area is 160 Å². The van der Waals surface area contributed by atoms with Crippen LogP contribution in [-0.4, -0.2) is 35.9 Å². The number of carbonyl (C=O) groups excluding carboxylic acids is 1. The van der Waals surface area contributed by atoms with Crippen molar-refractivity contribution in [3.63, 3.8) is 0 Å². The summed E-state index contributed by atoms with van der Waals surface area (Å²) in [7, 11) is 1.25. The summed E-state index contributed by atoms with van der Waals surface area (Å²) in [6.45, 7) is 2.44. The van der Waals surface area contributed by atoms with E-state index < -0.39 is 12.1 Å². The molecule has 0 aliphatic carbocycles. The van der Waals surface area contributed by atoms with E-state index in [1.807, 2.05) is 18.2 Å². The van der Waals surface area contributed by atoms with Crippen LogP contribution in [0.25, 0.3) is 0 Å². The Balaban J connectivity index is 0.00000338. The molecule has 0 amide bonds. The van der Waals surface area contributed by atoms with E-state index in [9.17, 15) is 15.0 Å². The number of phenolic OH excluding ortho intramolecular Hbond substituents is 1. The van der Waals surface area contributed by atoms with Gasteiger partial charge in [0.25, 0.3) is 0 Å². The number of aryl methyl sites for hydroxylation is 1. The number of ether oxygens (including phenoxy) is 1. The van der Waals surface area contributed by atoms with Crippen LogP contribution in [0.3, 0.4) is 0 Å². The Hall–Kier alpha value is -2.08.